The summed E-state index contributed by atoms with van der Waals surface area (Å²) in [4.78, 5) is 15.9. The fraction of sp³-hybridized carbons (Fsp3) is 0.333. The summed E-state index contributed by atoms with van der Waals surface area (Å²) in [5, 5.41) is 10.6. The van der Waals surface area contributed by atoms with Crippen molar-refractivity contribution in [3.8, 4) is 0 Å². The molecule has 2 aromatic rings. The fourth-order valence-electron chi connectivity index (χ4n) is 2.77. The maximum absolute atomic E-state index is 11.7. The minimum atomic E-state index is -0.0759. The molecule has 0 aromatic heterocycles. The molecule has 158 valence electrons. The van der Waals surface area contributed by atoms with Gasteiger partial charge in [0.15, 0.2) is 5.96 Å². The highest BCUT2D eigenvalue weighted by Crippen LogP contribution is 2.21. The van der Waals surface area contributed by atoms with E-state index in [1.807, 2.05) is 36.4 Å². The molecule has 8 heteroatoms. The molecule has 0 saturated heterocycles. The summed E-state index contributed by atoms with van der Waals surface area (Å²) < 4.78 is 0. The molecule has 0 unspecified atom stereocenters. The van der Waals surface area contributed by atoms with Gasteiger partial charge in [0, 0.05) is 42.8 Å². The van der Waals surface area contributed by atoms with Gasteiger partial charge in [-0.15, -0.1) is 24.0 Å². The molecule has 0 spiro atoms. The minimum absolute atomic E-state index is 0. The third-order valence-corrected chi connectivity index (χ3v) is 4.86. The largest absolute Gasteiger partial charge is 0.356 e. The van der Waals surface area contributed by atoms with Gasteiger partial charge >= 0.3 is 0 Å². The number of nitrogens with zero attached hydrogens (tertiary/aromatic N) is 1. The topological polar surface area (TPSA) is 65.5 Å². The van der Waals surface area contributed by atoms with Crippen LogP contribution in [0.4, 0.5) is 0 Å². The van der Waals surface area contributed by atoms with Gasteiger partial charge < -0.3 is 16.0 Å². The molecule has 0 aliphatic rings. The zero-order chi connectivity index (χ0) is 20.4. The number of rotatable bonds is 8. The predicted octanol–water partition coefficient (Wildman–Crippen LogP) is 4.31. The van der Waals surface area contributed by atoms with E-state index in [4.69, 9.17) is 23.2 Å². The van der Waals surface area contributed by atoms with Crippen LogP contribution in [0.15, 0.2) is 47.5 Å². The van der Waals surface area contributed by atoms with Gasteiger partial charge in [0.25, 0.3) is 5.91 Å². The SMILES string of the molecule is CN=C(NCCCc1ccc(Cl)cc1Cl)NCCc1cccc(C(=O)NC)c1.I. The van der Waals surface area contributed by atoms with Crippen molar-refractivity contribution in [2.75, 3.05) is 27.2 Å². The number of nitrogens with one attached hydrogen (secondary N) is 3. The van der Waals surface area contributed by atoms with Gasteiger partial charge in [-0.1, -0.05) is 41.4 Å². The lowest BCUT2D eigenvalue weighted by Gasteiger charge is -2.12. The molecule has 5 nitrogen and oxygen atoms in total. The third-order valence-electron chi connectivity index (χ3n) is 4.28. The van der Waals surface area contributed by atoms with Gasteiger partial charge in [-0.05, 0) is 54.7 Å². The molecule has 0 fully saturated rings. The van der Waals surface area contributed by atoms with Gasteiger partial charge in [-0.2, -0.15) is 0 Å². The monoisotopic (exact) mass is 548 g/mol. The van der Waals surface area contributed by atoms with Crippen molar-refractivity contribution < 1.29 is 4.79 Å². The number of hydrogen-bond acceptors (Lipinski definition) is 2. The summed E-state index contributed by atoms with van der Waals surface area (Å²) in [5.41, 5.74) is 2.86. The number of guanidine groups is 1. The molecule has 0 bridgehead atoms. The Labute approximate surface area is 199 Å². The summed E-state index contributed by atoms with van der Waals surface area (Å²) in [5.74, 6) is 0.678. The highest BCUT2D eigenvalue weighted by Gasteiger charge is 2.05. The van der Waals surface area contributed by atoms with Crippen LogP contribution >= 0.6 is 47.2 Å². The first-order chi connectivity index (χ1) is 13.5. The van der Waals surface area contributed by atoms with Crippen molar-refractivity contribution in [3.05, 3.63) is 69.2 Å². The number of halogens is 3. The van der Waals surface area contributed by atoms with Gasteiger partial charge in [0.2, 0.25) is 0 Å². The van der Waals surface area contributed by atoms with E-state index in [0.29, 0.717) is 15.6 Å². The Morgan fingerprint density at radius 1 is 1.03 bits per heavy atom. The Hall–Kier alpha value is -1.51. The summed E-state index contributed by atoms with van der Waals surface area (Å²) in [6.45, 7) is 1.50. The smallest absolute Gasteiger partial charge is 0.251 e. The zero-order valence-electron chi connectivity index (χ0n) is 16.6. The van der Waals surface area contributed by atoms with Crippen molar-refractivity contribution in [2.24, 2.45) is 4.99 Å². The lowest BCUT2D eigenvalue weighted by Crippen LogP contribution is -2.38. The molecular weight excluding hydrogens is 522 g/mol. The standard InChI is InChI=1S/C21H26Cl2N4O.HI/c1-24-20(28)17-6-3-5-15(13-17)10-12-27-21(25-2)26-11-4-7-16-8-9-18(22)14-19(16)23;/h3,5-6,8-9,13-14H,4,7,10-12H2,1-2H3,(H,24,28)(H2,25,26,27);1H. The van der Waals surface area contributed by atoms with Crippen molar-refractivity contribution in [1.82, 2.24) is 16.0 Å². The van der Waals surface area contributed by atoms with E-state index in [2.05, 4.69) is 20.9 Å². The van der Waals surface area contributed by atoms with Gasteiger partial charge in [0.1, 0.15) is 0 Å². The Kier molecular flexibility index (Phi) is 12.0. The van der Waals surface area contributed by atoms with Gasteiger partial charge in [0.05, 0.1) is 0 Å². The summed E-state index contributed by atoms with van der Waals surface area (Å²) >= 11 is 12.1. The first-order valence-corrected chi connectivity index (χ1v) is 9.98. The highest BCUT2D eigenvalue weighted by atomic mass is 127. The zero-order valence-corrected chi connectivity index (χ0v) is 20.4. The quantitative estimate of drug-likeness (QED) is 0.199. The van der Waals surface area contributed by atoms with Gasteiger partial charge in [-0.25, -0.2) is 0 Å². The van der Waals surface area contributed by atoms with Crippen molar-refractivity contribution in [1.29, 1.82) is 0 Å². The van der Waals surface area contributed by atoms with Crippen molar-refractivity contribution in [3.63, 3.8) is 0 Å². The van der Waals surface area contributed by atoms with E-state index >= 15 is 0 Å². The van der Waals surface area contributed by atoms with Crippen LogP contribution in [0.5, 0.6) is 0 Å². The Morgan fingerprint density at radius 3 is 2.48 bits per heavy atom. The number of carbonyl (C=O) groups is 1. The van der Waals surface area contributed by atoms with Crippen LogP contribution in [0.25, 0.3) is 0 Å². The second kappa shape index (κ2) is 13.7. The molecular formula is C21H27Cl2IN4O. The van der Waals surface area contributed by atoms with E-state index < -0.39 is 0 Å². The van der Waals surface area contributed by atoms with Crippen molar-refractivity contribution >= 4 is 59.0 Å². The van der Waals surface area contributed by atoms with E-state index in [9.17, 15) is 4.79 Å². The Morgan fingerprint density at radius 2 is 1.79 bits per heavy atom. The highest BCUT2D eigenvalue weighted by molar-refractivity contribution is 14.0. The Bertz CT molecular complexity index is 830. The summed E-state index contributed by atoms with van der Waals surface area (Å²) in [6.07, 6.45) is 2.59. The lowest BCUT2D eigenvalue weighted by atomic mass is 10.1. The second-order valence-electron chi connectivity index (χ2n) is 6.29. The van der Waals surface area contributed by atoms with Crippen molar-refractivity contribution in [2.45, 2.75) is 19.3 Å². The third kappa shape index (κ3) is 8.80. The predicted molar refractivity (Wildman–Crippen MR) is 133 cm³/mol. The molecule has 2 aromatic carbocycles. The average Bonchev–Trinajstić information content (AvgIpc) is 2.70. The van der Waals surface area contributed by atoms with Crippen LogP contribution < -0.4 is 16.0 Å². The van der Waals surface area contributed by atoms with E-state index in [-0.39, 0.29) is 29.9 Å². The van der Waals surface area contributed by atoms with Crippen LogP contribution in [-0.2, 0) is 12.8 Å². The van der Waals surface area contributed by atoms with Crippen LogP contribution in [0.1, 0.15) is 27.9 Å². The van der Waals surface area contributed by atoms with Crippen LogP contribution in [-0.4, -0.2) is 39.1 Å². The van der Waals surface area contributed by atoms with E-state index in [1.54, 1.807) is 20.2 Å². The van der Waals surface area contributed by atoms with Crippen LogP contribution in [0.2, 0.25) is 10.0 Å². The number of benzene rings is 2. The summed E-state index contributed by atoms with van der Waals surface area (Å²) in [7, 11) is 3.38. The van der Waals surface area contributed by atoms with E-state index in [0.717, 1.165) is 49.4 Å². The molecule has 0 radical (unpaired) electrons. The first kappa shape index (κ1) is 25.5. The molecule has 3 N–H and O–H groups in total. The lowest BCUT2D eigenvalue weighted by molar-refractivity contribution is 0.0963. The molecule has 2 rings (SSSR count). The number of carbonyl (C=O) groups excluding carboxylic acids is 1. The molecule has 0 saturated carbocycles. The molecule has 0 aliphatic heterocycles. The maximum Gasteiger partial charge on any atom is 0.251 e. The maximum atomic E-state index is 11.7. The molecule has 29 heavy (non-hydrogen) atoms. The molecule has 0 heterocycles. The molecule has 0 atom stereocenters. The molecule has 0 aliphatic carbocycles. The Balaban J connectivity index is 0.00000420. The molecule has 1 amide bonds. The second-order valence-corrected chi connectivity index (χ2v) is 7.14. The number of amides is 1. The summed E-state index contributed by atoms with van der Waals surface area (Å²) in [6, 6.07) is 13.2. The van der Waals surface area contributed by atoms with Crippen LogP contribution in [0, 0.1) is 0 Å². The normalized spacial score (nSPS) is 10.8. The van der Waals surface area contributed by atoms with E-state index in [1.165, 1.54) is 0 Å². The number of hydrogen-bond donors (Lipinski definition) is 3. The minimum Gasteiger partial charge on any atom is -0.356 e. The fourth-order valence-corrected chi connectivity index (χ4v) is 3.27. The first-order valence-electron chi connectivity index (χ1n) is 9.23. The van der Waals surface area contributed by atoms with Crippen LogP contribution in [0.3, 0.4) is 0 Å². The number of aliphatic imine (C=N–C) groups is 1. The average molecular weight is 549 g/mol. The van der Waals surface area contributed by atoms with Gasteiger partial charge in [-0.3, -0.25) is 9.79 Å². The number of aryl methyl sites for hydroxylation is 1.